The van der Waals surface area contributed by atoms with Crippen LogP contribution in [0.4, 0.5) is 0 Å². The zero-order chi connectivity index (χ0) is 13.0. The Morgan fingerprint density at radius 3 is 3.00 bits per heavy atom. The lowest BCUT2D eigenvalue weighted by molar-refractivity contribution is 0.561. The largest absolute Gasteiger partial charge is 0.441 e. The molecule has 0 aliphatic heterocycles. The van der Waals surface area contributed by atoms with Gasteiger partial charge in [0.15, 0.2) is 11.5 Å². The zero-order valence-electron chi connectivity index (χ0n) is 10.6. The summed E-state index contributed by atoms with van der Waals surface area (Å²) in [6, 6.07) is 5.94. The molecule has 3 aromatic rings. The van der Waals surface area contributed by atoms with Gasteiger partial charge in [0.1, 0.15) is 11.3 Å². The standard InChI is InChI=1S/C14H14N4O/c1-8-17-10-3-2-9(6-12(10)19-8)11-7-16-13(18-11)14(15)4-5-14/h2-3,6-7H,4-5,15H2,1H3,(H,16,18). The fourth-order valence-electron chi connectivity index (χ4n) is 2.30. The van der Waals surface area contributed by atoms with Gasteiger partial charge in [-0.25, -0.2) is 9.97 Å². The Balaban J connectivity index is 1.78. The van der Waals surface area contributed by atoms with Crippen molar-refractivity contribution in [3.63, 3.8) is 0 Å². The van der Waals surface area contributed by atoms with Gasteiger partial charge in [0, 0.05) is 12.5 Å². The van der Waals surface area contributed by atoms with Crippen molar-refractivity contribution in [3.8, 4) is 11.3 Å². The summed E-state index contributed by atoms with van der Waals surface area (Å²) in [6.45, 7) is 1.85. The van der Waals surface area contributed by atoms with E-state index < -0.39 is 0 Å². The lowest BCUT2D eigenvalue weighted by atomic mass is 10.1. The number of benzene rings is 1. The molecule has 0 atom stereocenters. The first-order valence-corrected chi connectivity index (χ1v) is 6.36. The summed E-state index contributed by atoms with van der Waals surface area (Å²) >= 11 is 0. The summed E-state index contributed by atoms with van der Waals surface area (Å²) in [5, 5.41) is 0. The van der Waals surface area contributed by atoms with E-state index in [1.807, 2.05) is 31.3 Å². The van der Waals surface area contributed by atoms with E-state index in [0.717, 1.165) is 41.0 Å². The zero-order valence-corrected chi connectivity index (χ0v) is 10.6. The highest BCUT2D eigenvalue weighted by Gasteiger charge is 2.42. The maximum absolute atomic E-state index is 6.13. The van der Waals surface area contributed by atoms with E-state index in [2.05, 4.69) is 15.0 Å². The monoisotopic (exact) mass is 254 g/mol. The van der Waals surface area contributed by atoms with Crippen LogP contribution in [0, 0.1) is 6.92 Å². The molecule has 0 amide bonds. The van der Waals surface area contributed by atoms with Crippen LogP contribution in [-0.4, -0.2) is 15.0 Å². The van der Waals surface area contributed by atoms with Crippen molar-refractivity contribution >= 4 is 11.1 Å². The molecule has 3 N–H and O–H groups in total. The predicted molar refractivity (Wildman–Crippen MR) is 71.4 cm³/mol. The smallest absolute Gasteiger partial charge is 0.192 e. The molecule has 0 unspecified atom stereocenters. The minimum Gasteiger partial charge on any atom is -0.441 e. The maximum atomic E-state index is 6.13. The average molecular weight is 254 g/mol. The number of hydrogen-bond acceptors (Lipinski definition) is 4. The summed E-state index contributed by atoms with van der Waals surface area (Å²) in [4.78, 5) is 12.0. The Labute approximate surface area is 109 Å². The number of nitrogens with zero attached hydrogens (tertiary/aromatic N) is 2. The number of aryl methyl sites for hydroxylation is 1. The number of aromatic amines is 1. The molecular weight excluding hydrogens is 240 g/mol. The van der Waals surface area contributed by atoms with Gasteiger partial charge >= 0.3 is 0 Å². The molecule has 0 spiro atoms. The molecule has 1 fully saturated rings. The minimum atomic E-state index is -0.231. The minimum absolute atomic E-state index is 0.231. The number of rotatable bonds is 2. The van der Waals surface area contributed by atoms with Crippen molar-refractivity contribution in [1.82, 2.24) is 15.0 Å². The molecule has 5 nitrogen and oxygen atoms in total. The normalized spacial score (nSPS) is 16.9. The predicted octanol–water partition coefficient (Wildman–Crippen LogP) is 2.47. The van der Waals surface area contributed by atoms with Crippen LogP contribution in [0.1, 0.15) is 24.6 Å². The second kappa shape index (κ2) is 3.45. The molecular formula is C14H14N4O. The van der Waals surface area contributed by atoms with E-state index in [1.165, 1.54) is 0 Å². The third kappa shape index (κ3) is 1.66. The van der Waals surface area contributed by atoms with E-state index in [4.69, 9.17) is 10.2 Å². The third-order valence-electron chi connectivity index (χ3n) is 3.64. The first kappa shape index (κ1) is 10.8. The molecule has 0 saturated heterocycles. The Morgan fingerprint density at radius 2 is 2.21 bits per heavy atom. The quantitative estimate of drug-likeness (QED) is 0.736. The van der Waals surface area contributed by atoms with E-state index in [-0.39, 0.29) is 5.54 Å². The van der Waals surface area contributed by atoms with E-state index in [0.29, 0.717) is 5.89 Å². The Bertz CT molecular complexity index is 767. The topological polar surface area (TPSA) is 80.7 Å². The van der Waals surface area contributed by atoms with E-state index in [1.54, 1.807) is 0 Å². The van der Waals surface area contributed by atoms with Gasteiger partial charge < -0.3 is 15.1 Å². The van der Waals surface area contributed by atoms with Gasteiger partial charge in [-0.05, 0) is 25.0 Å². The van der Waals surface area contributed by atoms with Crippen LogP contribution in [0.2, 0.25) is 0 Å². The summed E-state index contributed by atoms with van der Waals surface area (Å²) in [5.41, 5.74) is 9.56. The van der Waals surface area contributed by atoms with Crippen molar-refractivity contribution in [2.45, 2.75) is 25.3 Å². The lowest BCUT2D eigenvalue weighted by Gasteiger charge is -2.03. The van der Waals surface area contributed by atoms with Gasteiger partial charge in [-0.3, -0.25) is 0 Å². The molecule has 1 aliphatic rings. The van der Waals surface area contributed by atoms with Crippen LogP contribution >= 0.6 is 0 Å². The first-order valence-electron chi connectivity index (χ1n) is 6.36. The molecule has 5 heteroatoms. The van der Waals surface area contributed by atoms with Crippen LogP contribution < -0.4 is 5.73 Å². The lowest BCUT2D eigenvalue weighted by Crippen LogP contribution is -2.20. The van der Waals surface area contributed by atoms with Gasteiger partial charge in [-0.15, -0.1) is 0 Å². The van der Waals surface area contributed by atoms with Crippen LogP contribution in [-0.2, 0) is 5.54 Å². The Kier molecular flexibility index (Phi) is 1.95. The molecule has 19 heavy (non-hydrogen) atoms. The van der Waals surface area contributed by atoms with Crippen molar-refractivity contribution in [2.24, 2.45) is 5.73 Å². The number of aromatic nitrogens is 3. The average Bonchev–Trinajstić information content (AvgIpc) is 2.85. The van der Waals surface area contributed by atoms with Gasteiger partial charge in [0.05, 0.1) is 17.4 Å². The number of nitrogens with two attached hydrogens (primary N) is 1. The molecule has 96 valence electrons. The Morgan fingerprint density at radius 1 is 1.37 bits per heavy atom. The number of imidazole rings is 1. The van der Waals surface area contributed by atoms with Gasteiger partial charge in [-0.2, -0.15) is 0 Å². The molecule has 0 bridgehead atoms. The summed E-state index contributed by atoms with van der Waals surface area (Å²) in [5.74, 6) is 1.55. The van der Waals surface area contributed by atoms with Crippen molar-refractivity contribution in [2.75, 3.05) is 0 Å². The van der Waals surface area contributed by atoms with Gasteiger partial charge in [0.2, 0.25) is 0 Å². The van der Waals surface area contributed by atoms with Gasteiger partial charge in [-0.1, -0.05) is 6.07 Å². The second-order valence-electron chi connectivity index (χ2n) is 5.22. The molecule has 1 aliphatic carbocycles. The van der Waals surface area contributed by atoms with Crippen LogP contribution in [0.25, 0.3) is 22.4 Å². The maximum Gasteiger partial charge on any atom is 0.192 e. The van der Waals surface area contributed by atoms with Crippen LogP contribution in [0.15, 0.2) is 28.8 Å². The fourth-order valence-corrected chi connectivity index (χ4v) is 2.30. The van der Waals surface area contributed by atoms with E-state index in [9.17, 15) is 0 Å². The van der Waals surface area contributed by atoms with Crippen LogP contribution in [0.5, 0.6) is 0 Å². The summed E-state index contributed by atoms with van der Waals surface area (Å²) in [7, 11) is 0. The van der Waals surface area contributed by atoms with Crippen molar-refractivity contribution < 1.29 is 4.42 Å². The summed E-state index contributed by atoms with van der Waals surface area (Å²) in [6.07, 6.45) is 3.83. The molecule has 1 aromatic carbocycles. The number of H-pyrrole nitrogens is 1. The number of fused-ring (bicyclic) bond motifs is 1. The number of oxazole rings is 1. The summed E-state index contributed by atoms with van der Waals surface area (Å²) < 4.78 is 5.55. The molecule has 2 heterocycles. The highest BCUT2D eigenvalue weighted by molar-refractivity contribution is 5.79. The first-order chi connectivity index (χ1) is 9.14. The SMILES string of the molecule is Cc1nc2ccc(-c3cnc(C4(N)CC4)[nH]3)cc2o1. The number of nitrogens with one attached hydrogen (secondary N) is 1. The van der Waals surface area contributed by atoms with E-state index >= 15 is 0 Å². The molecule has 0 radical (unpaired) electrons. The van der Waals surface area contributed by atoms with Crippen LogP contribution in [0.3, 0.4) is 0 Å². The second-order valence-corrected chi connectivity index (χ2v) is 5.22. The van der Waals surface area contributed by atoms with Crippen molar-refractivity contribution in [3.05, 3.63) is 36.1 Å². The fraction of sp³-hybridized carbons (Fsp3) is 0.286. The third-order valence-corrected chi connectivity index (χ3v) is 3.64. The number of hydrogen-bond donors (Lipinski definition) is 2. The Hall–Kier alpha value is -2.14. The molecule has 1 saturated carbocycles. The highest BCUT2D eigenvalue weighted by Crippen LogP contribution is 2.41. The molecule has 4 rings (SSSR count). The molecule has 2 aromatic heterocycles. The van der Waals surface area contributed by atoms with Crippen molar-refractivity contribution in [1.29, 1.82) is 0 Å². The van der Waals surface area contributed by atoms with Gasteiger partial charge in [0.25, 0.3) is 0 Å². The highest BCUT2D eigenvalue weighted by atomic mass is 16.3.